The van der Waals surface area contributed by atoms with Crippen molar-refractivity contribution in [1.29, 1.82) is 0 Å². The van der Waals surface area contributed by atoms with Crippen molar-refractivity contribution in [2.45, 2.75) is 24.4 Å². The van der Waals surface area contributed by atoms with E-state index >= 15 is 0 Å². The van der Waals surface area contributed by atoms with Gasteiger partial charge in [-0.1, -0.05) is 72.8 Å². The molecule has 0 saturated carbocycles. The second-order valence-corrected chi connectivity index (χ2v) is 9.62. The zero-order chi connectivity index (χ0) is 30.0. The molecule has 0 aromatic heterocycles. The first-order chi connectivity index (χ1) is 21.0. The second kappa shape index (κ2) is 14.1. The molecule has 4 aromatic carbocycles. The van der Waals surface area contributed by atoms with Crippen molar-refractivity contribution >= 4 is 23.9 Å². The first-order valence-electron chi connectivity index (χ1n) is 13.6. The Hall–Kier alpha value is -5.28. The third kappa shape index (κ3) is 7.52. The van der Waals surface area contributed by atoms with E-state index in [1.165, 1.54) is 0 Å². The van der Waals surface area contributed by atoms with Crippen LogP contribution in [0.5, 0.6) is 0 Å². The van der Waals surface area contributed by atoms with Crippen LogP contribution < -0.4 is 0 Å². The monoisotopic (exact) mass is 580 g/mol. The van der Waals surface area contributed by atoms with Gasteiger partial charge in [0, 0.05) is 0 Å². The lowest BCUT2D eigenvalue weighted by molar-refractivity contribution is -0.197. The van der Waals surface area contributed by atoms with Crippen molar-refractivity contribution < 1.29 is 42.9 Å². The molecule has 43 heavy (non-hydrogen) atoms. The number of carbonyl (C=O) groups is 4. The van der Waals surface area contributed by atoms with Gasteiger partial charge in [-0.15, -0.1) is 0 Å². The van der Waals surface area contributed by atoms with Crippen molar-refractivity contribution in [3.8, 4) is 0 Å². The van der Waals surface area contributed by atoms with Crippen LogP contribution in [0, 0.1) is 0 Å². The maximum Gasteiger partial charge on any atom is 0.338 e. The highest BCUT2D eigenvalue weighted by atomic mass is 16.7. The number of rotatable bonds is 9. The second-order valence-electron chi connectivity index (χ2n) is 9.62. The smallest absolute Gasteiger partial charge is 0.338 e. The Bertz CT molecular complexity index is 1530. The van der Waals surface area contributed by atoms with E-state index in [0.29, 0.717) is 5.56 Å². The van der Waals surface area contributed by atoms with Gasteiger partial charge >= 0.3 is 23.9 Å². The van der Waals surface area contributed by atoms with Gasteiger partial charge in [0.2, 0.25) is 0 Å². The molecule has 218 valence electrons. The molecule has 0 unspecified atom stereocenters. The fraction of sp³-hybridized carbons (Fsp3) is 0.176. The quantitative estimate of drug-likeness (QED) is 0.201. The van der Waals surface area contributed by atoms with E-state index in [0.717, 1.165) is 0 Å². The average molecular weight is 581 g/mol. The van der Waals surface area contributed by atoms with Crippen molar-refractivity contribution in [2.24, 2.45) is 0 Å². The largest absolute Gasteiger partial charge is 0.459 e. The summed E-state index contributed by atoms with van der Waals surface area (Å²) >= 11 is 0. The average Bonchev–Trinajstić information content (AvgIpc) is 3.07. The minimum atomic E-state index is -1.31. The summed E-state index contributed by atoms with van der Waals surface area (Å²) in [6, 6.07) is 33.1. The molecule has 1 aliphatic heterocycles. The molecule has 1 heterocycles. The lowest BCUT2D eigenvalue weighted by Crippen LogP contribution is -2.59. The number of ether oxygens (including phenoxy) is 5. The minimum Gasteiger partial charge on any atom is -0.459 e. The Kier molecular flexibility index (Phi) is 9.56. The third-order valence-electron chi connectivity index (χ3n) is 6.69. The topological polar surface area (TPSA) is 114 Å². The summed E-state index contributed by atoms with van der Waals surface area (Å²) in [4.78, 5) is 52.2. The molecule has 9 heteroatoms. The van der Waals surface area contributed by atoms with E-state index in [4.69, 9.17) is 23.7 Å². The lowest BCUT2D eigenvalue weighted by Gasteiger charge is -2.40. The fourth-order valence-corrected chi connectivity index (χ4v) is 4.49. The van der Waals surface area contributed by atoms with Crippen molar-refractivity contribution in [3.05, 3.63) is 144 Å². The Labute approximate surface area is 247 Å². The molecule has 0 aliphatic carbocycles. The summed E-state index contributed by atoms with van der Waals surface area (Å²) in [5.41, 5.74) is 1.06. The van der Waals surface area contributed by atoms with Crippen LogP contribution in [-0.4, -0.2) is 61.5 Å². The molecule has 0 N–H and O–H groups in total. The first kappa shape index (κ1) is 29.2. The molecule has 4 aromatic rings. The van der Waals surface area contributed by atoms with Crippen LogP contribution in [0.15, 0.2) is 121 Å². The van der Waals surface area contributed by atoms with Crippen molar-refractivity contribution in [2.75, 3.05) is 13.2 Å². The van der Waals surface area contributed by atoms with E-state index in [2.05, 4.69) is 0 Å². The summed E-state index contributed by atoms with van der Waals surface area (Å²) < 4.78 is 29.0. The lowest BCUT2D eigenvalue weighted by atomic mass is 9.99. The van der Waals surface area contributed by atoms with E-state index in [9.17, 15) is 19.2 Å². The molecule has 1 aliphatic rings. The van der Waals surface area contributed by atoms with Crippen LogP contribution in [0.25, 0.3) is 0 Å². The molecule has 5 rings (SSSR count). The zero-order valence-corrected chi connectivity index (χ0v) is 22.9. The highest BCUT2D eigenvalue weighted by Gasteiger charge is 2.48. The summed E-state index contributed by atoms with van der Waals surface area (Å²) in [6.07, 6.45) is -4.83. The Morgan fingerprint density at radius 2 is 0.884 bits per heavy atom. The standard InChI is InChI=1S/C34H28O9/c35-31(23-13-5-1-6-14-23)40-21-27-29(42-33(37)25-17-9-3-10-18-25)30(43-34(38)26-19-11-4-12-20-26)28(22-39-27)41-32(36)24-15-7-2-8-16-24/h1-20,27-30H,21-22H2/t27-,28+,29+,30-/m1/s1. The maximum atomic E-state index is 13.2. The van der Waals surface area contributed by atoms with Crippen LogP contribution in [0.4, 0.5) is 0 Å². The van der Waals surface area contributed by atoms with Crippen LogP contribution in [-0.2, 0) is 23.7 Å². The Morgan fingerprint density at radius 3 is 1.33 bits per heavy atom. The molecule has 0 radical (unpaired) electrons. The molecule has 9 nitrogen and oxygen atoms in total. The zero-order valence-electron chi connectivity index (χ0n) is 22.9. The predicted molar refractivity (Wildman–Crippen MR) is 153 cm³/mol. The van der Waals surface area contributed by atoms with E-state index in [-0.39, 0.29) is 29.9 Å². The van der Waals surface area contributed by atoms with Crippen LogP contribution in [0.2, 0.25) is 0 Å². The molecule has 1 fully saturated rings. The first-order valence-corrected chi connectivity index (χ1v) is 13.6. The van der Waals surface area contributed by atoms with Crippen LogP contribution in [0.3, 0.4) is 0 Å². The van der Waals surface area contributed by atoms with Crippen molar-refractivity contribution in [1.82, 2.24) is 0 Å². The number of hydrogen-bond donors (Lipinski definition) is 0. The number of hydrogen-bond acceptors (Lipinski definition) is 9. The van der Waals surface area contributed by atoms with E-state index in [1.54, 1.807) is 121 Å². The highest BCUT2D eigenvalue weighted by molar-refractivity contribution is 5.91. The van der Waals surface area contributed by atoms with Gasteiger partial charge in [0.05, 0.1) is 28.9 Å². The summed E-state index contributed by atoms with van der Waals surface area (Å²) in [7, 11) is 0. The van der Waals surface area contributed by atoms with Gasteiger partial charge in [-0.05, 0) is 48.5 Å². The molecular weight excluding hydrogens is 552 g/mol. The SMILES string of the molecule is O=C(OC[C@H]1OC[C@H](OC(=O)c2ccccc2)[C@@H](OC(=O)c2ccccc2)[C@H]1OC(=O)c1ccccc1)c1ccccc1. The minimum absolute atomic E-state index is 0.224. The molecule has 0 spiro atoms. The van der Waals surface area contributed by atoms with Crippen LogP contribution in [0.1, 0.15) is 41.4 Å². The van der Waals surface area contributed by atoms with Gasteiger partial charge in [0.15, 0.2) is 18.3 Å². The number of carbonyl (C=O) groups excluding carboxylic acids is 4. The van der Waals surface area contributed by atoms with Crippen molar-refractivity contribution in [3.63, 3.8) is 0 Å². The van der Waals surface area contributed by atoms with Gasteiger partial charge in [0.1, 0.15) is 12.7 Å². The highest BCUT2D eigenvalue weighted by Crippen LogP contribution is 2.27. The summed E-state index contributed by atoms with van der Waals surface area (Å²) in [6.45, 7) is -0.558. The van der Waals surface area contributed by atoms with Gasteiger partial charge in [-0.25, -0.2) is 19.2 Å². The normalized spacial score (nSPS) is 19.4. The van der Waals surface area contributed by atoms with Gasteiger partial charge in [-0.3, -0.25) is 0 Å². The van der Waals surface area contributed by atoms with Gasteiger partial charge in [0.25, 0.3) is 0 Å². The number of benzene rings is 4. The summed E-state index contributed by atoms with van der Waals surface area (Å²) in [5, 5.41) is 0. The molecular formula is C34H28O9. The molecule has 4 atom stereocenters. The predicted octanol–water partition coefficient (Wildman–Crippen LogP) is 4.92. The molecule has 0 bridgehead atoms. The van der Waals surface area contributed by atoms with Gasteiger partial charge in [-0.2, -0.15) is 0 Å². The maximum absolute atomic E-state index is 13.2. The molecule has 0 amide bonds. The molecule has 1 saturated heterocycles. The Balaban J connectivity index is 1.44. The van der Waals surface area contributed by atoms with Crippen LogP contribution >= 0.6 is 0 Å². The summed E-state index contributed by atoms with van der Waals surface area (Å²) in [5.74, 6) is -2.76. The van der Waals surface area contributed by atoms with E-state index in [1.807, 2.05) is 0 Å². The number of esters is 4. The van der Waals surface area contributed by atoms with E-state index < -0.39 is 48.3 Å². The van der Waals surface area contributed by atoms with Gasteiger partial charge < -0.3 is 23.7 Å². The Morgan fingerprint density at radius 1 is 0.512 bits per heavy atom. The third-order valence-corrected chi connectivity index (χ3v) is 6.69. The fourth-order valence-electron chi connectivity index (χ4n) is 4.49.